The van der Waals surface area contributed by atoms with Crippen LogP contribution in [0.1, 0.15) is 5.56 Å². The van der Waals surface area contributed by atoms with Crippen LogP contribution in [0.2, 0.25) is 13.7 Å². The number of thiophene rings is 1. The van der Waals surface area contributed by atoms with Gasteiger partial charge in [-0.15, -0.1) is 23.1 Å². The van der Waals surface area contributed by atoms with Gasteiger partial charge in [0.1, 0.15) is 4.34 Å². The lowest BCUT2D eigenvalue weighted by Crippen LogP contribution is -2.03. The van der Waals surface area contributed by atoms with Crippen molar-refractivity contribution in [2.24, 2.45) is 5.16 Å². The van der Waals surface area contributed by atoms with Crippen LogP contribution in [0.15, 0.2) is 40.4 Å². The van der Waals surface area contributed by atoms with Gasteiger partial charge in [0.2, 0.25) is 0 Å². The van der Waals surface area contributed by atoms with E-state index < -0.39 is 0 Å². The molecule has 0 amide bonds. The molecule has 2 nitrogen and oxygen atoms in total. The summed E-state index contributed by atoms with van der Waals surface area (Å²) in [7, 11) is 0. The molecular formula is C12H8Cl3NOS2. The maximum atomic E-state index is 9.11. The van der Waals surface area contributed by atoms with Gasteiger partial charge in [-0.05, 0) is 18.2 Å². The fourth-order valence-corrected chi connectivity index (χ4v) is 4.10. The van der Waals surface area contributed by atoms with Gasteiger partial charge in [-0.3, -0.25) is 0 Å². The zero-order valence-electron chi connectivity index (χ0n) is 9.44. The van der Waals surface area contributed by atoms with Crippen LogP contribution >= 0.6 is 57.9 Å². The van der Waals surface area contributed by atoms with Gasteiger partial charge in [0.15, 0.2) is 0 Å². The Morgan fingerprint density at radius 2 is 2.00 bits per heavy atom. The van der Waals surface area contributed by atoms with Crippen LogP contribution in [0.3, 0.4) is 0 Å². The molecule has 0 bridgehead atoms. The van der Waals surface area contributed by atoms with Gasteiger partial charge in [0.05, 0.1) is 15.1 Å². The van der Waals surface area contributed by atoms with Crippen LogP contribution in [0.25, 0.3) is 0 Å². The standard InChI is InChI=1S/C12H8Cl3NOS2/c13-8-3-1-2-4-10(8)18-6-9(16-17)7-5-11(14)19-12(7)15/h1-5,17H,6H2/b16-9-. The van der Waals surface area contributed by atoms with E-state index in [1.54, 1.807) is 6.07 Å². The van der Waals surface area contributed by atoms with E-state index in [1.807, 2.05) is 24.3 Å². The first kappa shape index (κ1) is 15.0. The third-order valence-electron chi connectivity index (χ3n) is 2.29. The minimum absolute atomic E-state index is 0.451. The van der Waals surface area contributed by atoms with E-state index in [2.05, 4.69) is 5.16 Å². The second-order valence-electron chi connectivity index (χ2n) is 3.50. The van der Waals surface area contributed by atoms with Crippen molar-refractivity contribution in [1.29, 1.82) is 0 Å². The summed E-state index contributed by atoms with van der Waals surface area (Å²) in [5.74, 6) is 0.451. The maximum Gasteiger partial charge on any atom is 0.104 e. The van der Waals surface area contributed by atoms with Gasteiger partial charge in [-0.1, -0.05) is 52.1 Å². The lowest BCUT2D eigenvalue weighted by Gasteiger charge is -2.05. The molecule has 1 aromatic heterocycles. The minimum atomic E-state index is 0.451. The largest absolute Gasteiger partial charge is 0.411 e. The van der Waals surface area contributed by atoms with Gasteiger partial charge in [0.25, 0.3) is 0 Å². The monoisotopic (exact) mass is 351 g/mol. The number of nitrogens with zero attached hydrogens (tertiary/aromatic N) is 1. The minimum Gasteiger partial charge on any atom is -0.411 e. The summed E-state index contributed by atoms with van der Waals surface area (Å²) in [6.07, 6.45) is 0. The smallest absolute Gasteiger partial charge is 0.104 e. The van der Waals surface area contributed by atoms with E-state index in [0.29, 0.717) is 30.7 Å². The van der Waals surface area contributed by atoms with Crippen molar-refractivity contribution >= 4 is 63.6 Å². The molecule has 0 aliphatic rings. The highest BCUT2D eigenvalue weighted by molar-refractivity contribution is 8.00. The average molecular weight is 353 g/mol. The molecule has 0 unspecified atom stereocenters. The molecule has 0 atom stereocenters. The molecule has 0 saturated carbocycles. The highest BCUT2D eigenvalue weighted by atomic mass is 35.5. The fourth-order valence-electron chi connectivity index (χ4n) is 1.41. The Morgan fingerprint density at radius 1 is 1.26 bits per heavy atom. The molecule has 1 heterocycles. The first-order valence-corrected chi connectivity index (χ1v) is 8.09. The van der Waals surface area contributed by atoms with Gasteiger partial charge >= 0.3 is 0 Å². The Balaban J connectivity index is 2.14. The maximum absolute atomic E-state index is 9.11. The average Bonchev–Trinajstić information content (AvgIpc) is 2.72. The quantitative estimate of drug-likeness (QED) is 0.332. The van der Waals surface area contributed by atoms with E-state index in [1.165, 1.54) is 23.1 Å². The fraction of sp³-hybridized carbons (Fsp3) is 0.0833. The van der Waals surface area contributed by atoms with Crippen LogP contribution in [0, 0.1) is 0 Å². The number of thioether (sulfide) groups is 1. The SMILES string of the molecule is O/N=C(/CSc1ccccc1Cl)c1cc(Cl)sc1Cl. The van der Waals surface area contributed by atoms with Crippen molar-refractivity contribution in [3.8, 4) is 0 Å². The van der Waals surface area contributed by atoms with Gasteiger partial charge < -0.3 is 5.21 Å². The molecule has 0 fully saturated rings. The van der Waals surface area contributed by atoms with E-state index in [0.717, 1.165) is 4.90 Å². The third kappa shape index (κ3) is 3.80. The second-order valence-corrected chi connectivity index (χ2v) is 7.21. The predicted octanol–water partition coefficient (Wildman–Crippen LogP) is 5.68. The normalized spacial score (nSPS) is 11.8. The molecule has 2 rings (SSSR count). The molecule has 19 heavy (non-hydrogen) atoms. The number of hydrogen-bond donors (Lipinski definition) is 1. The van der Waals surface area contributed by atoms with Crippen molar-refractivity contribution in [3.05, 3.63) is 49.6 Å². The molecule has 0 spiro atoms. The Labute approximate surface area is 134 Å². The molecule has 2 aromatic rings. The first-order chi connectivity index (χ1) is 9.11. The van der Waals surface area contributed by atoms with Crippen LogP contribution in [0.4, 0.5) is 0 Å². The number of hydrogen-bond acceptors (Lipinski definition) is 4. The summed E-state index contributed by atoms with van der Waals surface area (Å²) >= 11 is 20.7. The molecule has 1 N–H and O–H groups in total. The Bertz CT molecular complexity index is 613. The highest BCUT2D eigenvalue weighted by Crippen LogP contribution is 2.33. The van der Waals surface area contributed by atoms with Crippen molar-refractivity contribution < 1.29 is 5.21 Å². The molecule has 1 aromatic carbocycles. The van der Waals surface area contributed by atoms with Crippen molar-refractivity contribution in [2.45, 2.75) is 4.90 Å². The van der Waals surface area contributed by atoms with Gasteiger partial charge in [0, 0.05) is 16.2 Å². The number of benzene rings is 1. The number of oxime groups is 1. The summed E-state index contributed by atoms with van der Waals surface area (Å²) in [6.45, 7) is 0. The van der Waals surface area contributed by atoms with E-state index in [4.69, 9.17) is 40.0 Å². The molecule has 100 valence electrons. The van der Waals surface area contributed by atoms with Gasteiger partial charge in [-0.2, -0.15) is 0 Å². The van der Waals surface area contributed by atoms with Crippen LogP contribution in [-0.2, 0) is 0 Å². The molecular weight excluding hydrogens is 345 g/mol. The van der Waals surface area contributed by atoms with Crippen molar-refractivity contribution in [2.75, 3.05) is 5.75 Å². The highest BCUT2D eigenvalue weighted by Gasteiger charge is 2.14. The second kappa shape index (κ2) is 6.86. The summed E-state index contributed by atoms with van der Waals surface area (Å²) in [4.78, 5) is 0.919. The zero-order valence-corrected chi connectivity index (χ0v) is 13.3. The lowest BCUT2D eigenvalue weighted by atomic mass is 10.2. The Kier molecular flexibility index (Phi) is 5.42. The third-order valence-corrected chi connectivity index (χ3v) is 5.30. The topological polar surface area (TPSA) is 32.6 Å². The van der Waals surface area contributed by atoms with Crippen LogP contribution in [0.5, 0.6) is 0 Å². The van der Waals surface area contributed by atoms with E-state index in [9.17, 15) is 0 Å². The predicted molar refractivity (Wildman–Crippen MR) is 84.8 cm³/mol. The summed E-state index contributed by atoms with van der Waals surface area (Å²) in [6, 6.07) is 9.18. The summed E-state index contributed by atoms with van der Waals surface area (Å²) in [5, 5.41) is 13.1. The summed E-state index contributed by atoms with van der Waals surface area (Å²) in [5.41, 5.74) is 1.12. The zero-order chi connectivity index (χ0) is 13.8. The molecule has 0 aliphatic heterocycles. The van der Waals surface area contributed by atoms with Crippen LogP contribution in [-0.4, -0.2) is 16.7 Å². The molecule has 0 saturated heterocycles. The Morgan fingerprint density at radius 3 is 2.58 bits per heavy atom. The lowest BCUT2D eigenvalue weighted by molar-refractivity contribution is 0.319. The van der Waals surface area contributed by atoms with Gasteiger partial charge in [-0.25, -0.2) is 0 Å². The molecule has 0 aliphatic carbocycles. The Hall–Kier alpha value is -0.390. The van der Waals surface area contributed by atoms with E-state index in [-0.39, 0.29) is 0 Å². The van der Waals surface area contributed by atoms with Crippen molar-refractivity contribution in [1.82, 2.24) is 0 Å². The van der Waals surface area contributed by atoms with Crippen LogP contribution < -0.4 is 0 Å². The summed E-state index contributed by atoms with van der Waals surface area (Å²) < 4.78 is 1.07. The van der Waals surface area contributed by atoms with Crippen molar-refractivity contribution in [3.63, 3.8) is 0 Å². The molecule has 0 radical (unpaired) electrons. The first-order valence-electron chi connectivity index (χ1n) is 5.15. The molecule has 7 heteroatoms. The van der Waals surface area contributed by atoms with E-state index >= 15 is 0 Å². The number of rotatable bonds is 4. The number of halogens is 3.